The molecule has 1 saturated heterocycles. The SMILES string of the molecule is CCCOc1ccc(/C(O)=C2/C(=O)C(=O)N(c3ccccc3)C2c2ccc(OCc3ccccc3)cc2)cc1C. The molecule has 1 heterocycles. The molecule has 0 aromatic heterocycles. The molecular weight excluding hydrogens is 502 g/mol. The summed E-state index contributed by atoms with van der Waals surface area (Å²) in [7, 11) is 0. The van der Waals surface area contributed by atoms with Crippen molar-refractivity contribution in [1.82, 2.24) is 0 Å². The molecule has 0 radical (unpaired) electrons. The van der Waals surface area contributed by atoms with Gasteiger partial charge in [-0.05, 0) is 72.5 Å². The average molecular weight is 534 g/mol. The Morgan fingerprint density at radius 3 is 2.17 bits per heavy atom. The van der Waals surface area contributed by atoms with E-state index < -0.39 is 17.7 Å². The van der Waals surface area contributed by atoms with E-state index in [-0.39, 0.29) is 11.3 Å². The van der Waals surface area contributed by atoms with Crippen molar-refractivity contribution in [2.75, 3.05) is 11.5 Å². The van der Waals surface area contributed by atoms with Gasteiger partial charge in [-0.3, -0.25) is 14.5 Å². The fraction of sp³-hybridized carbons (Fsp3) is 0.176. The molecule has 4 aromatic carbocycles. The van der Waals surface area contributed by atoms with Gasteiger partial charge in [0.15, 0.2) is 0 Å². The number of aliphatic hydroxyl groups is 1. The molecule has 5 rings (SSSR count). The predicted octanol–water partition coefficient (Wildman–Crippen LogP) is 6.99. The number of ether oxygens (including phenoxy) is 2. The van der Waals surface area contributed by atoms with E-state index >= 15 is 0 Å². The van der Waals surface area contributed by atoms with E-state index in [1.165, 1.54) is 4.90 Å². The van der Waals surface area contributed by atoms with Crippen molar-refractivity contribution in [1.29, 1.82) is 0 Å². The molecule has 1 N–H and O–H groups in total. The number of aryl methyl sites for hydroxylation is 1. The van der Waals surface area contributed by atoms with Gasteiger partial charge in [0.25, 0.3) is 11.7 Å². The van der Waals surface area contributed by atoms with Crippen molar-refractivity contribution in [3.05, 3.63) is 131 Å². The molecule has 1 fully saturated rings. The molecule has 4 aromatic rings. The van der Waals surface area contributed by atoms with Crippen LogP contribution in [0.15, 0.2) is 109 Å². The molecule has 1 unspecified atom stereocenters. The number of hydrogen-bond donors (Lipinski definition) is 1. The zero-order valence-corrected chi connectivity index (χ0v) is 22.5. The molecule has 40 heavy (non-hydrogen) atoms. The van der Waals surface area contributed by atoms with Gasteiger partial charge in [0.1, 0.15) is 23.9 Å². The predicted molar refractivity (Wildman–Crippen MR) is 155 cm³/mol. The van der Waals surface area contributed by atoms with Crippen molar-refractivity contribution in [3.63, 3.8) is 0 Å². The van der Waals surface area contributed by atoms with E-state index in [4.69, 9.17) is 9.47 Å². The molecular formula is C34H31NO5. The van der Waals surface area contributed by atoms with Gasteiger partial charge in [0.2, 0.25) is 0 Å². The Morgan fingerprint density at radius 2 is 1.52 bits per heavy atom. The number of benzene rings is 4. The van der Waals surface area contributed by atoms with Gasteiger partial charge in [-0.1, -0.05) is 67.6 Å². The molecule has 6 nitrogen and oxygen atoms in total. The van der Waals surface area contributed by atoms with Crippen LogP contribution in [0.5, 0.6) is 11.5 Å². The molecule has 0 aliphatic carbocycles. The largest absolute Gasteiger partial charge is 0.507 e. The summed E-state index contributed by atoms with van der Waals surface area (Å²) < 4.78 is 11.7. The molecule has 0 saturated carbocycles. The normalized spacial score (nSPS) is 16.2. The van der Waals surface area contributed by atoms with E-state index in [1.807, 2.05) is 86.6 Å². The second-order valence-electron chi connectivity index (χ2n) is 9.68. The topological polar surface area (TPSA) is 76.1 Å². The van der Waals surface area contributed by atoms with Crippen LogP contribution in [0, 0.1) is 6.92 Å². The summed E-state index contributed by atoms with van der Waals surface area (Å²) in [6, 6.07) is 30.6. The summed E-state index contributed by atoms with van der Waals surface area (Å²) in [5, 5.41) is 11.5. The van der Waals surface area contributed by atoms with Crippen LogP contribution in [0.1, 0.15) is 41.6 Å². The highest BCUT2D eigenvalue weighted by atomic mass is 16.5. The Bertz CT molecular complexity index is 1530. The maximum absolute atomic E-state index is 13.4. The van der Waals surface area contributed by atoms with Crippen molar-refractivity contribution >= 4 is 23.1 Å². The Labute approximate surface area is 234 Å². The van der Waals surface area contributed by atoms with Crippen molar-refractivity contribution < 1.29 is 24.2 Å². The summed E-state index contributed by atoms with van der Waals surface area (Å²) >= 11 is 0. The van der Waals surface area contributed by atoms with Crippen LogP contribution in [0.3, 0.4) is 0 Å². The Kier molecular flexibility index (Phi) is 7.97. The lowest BCUT2D eigenvalue weighted by Crippen LogP contribution is -2.29. The first-order valence-electron chi connectivity index (χ1n) is 13.3. The van der Waals surface area contributed by atoms with Crippen LogP contribution in [0.2, 0.25) is 0 Å². The quantitative estimate of drug-likeness (QED) is 0.143. The van der Waals surface area contributed by atoms with Gasteiger partial charge in [0.05, 0.1) is 18.2 Å². The lowest BCUT2D eigenvalue weighted by atomic mass is 9.94. The maximum Gasteiger partial charge on any atom is 0.300 e. The Balaban J connectivity index is 1.53. The fourth-order valence-corrected chi connectivity index (χ4v) is 4.82. The second-order valence-corrected chi connectivity index (χ2v) is 9.68. The molecule has 202 valence electrons. The molecule has 6 heteroatoms. The zero-order chi connectivity index (χ0) is 28.1. The number of carbonyl (C=O) groups is 2. The van der Waals surface area contributed by atoms with E-state index in [9.17, 15) is 14.7 Å². The minimum atomic E-state index is -0.818. The van der Waals surface area contributed by atoms with Gasteiger partial charge in [-0.2, -0.15) is 0 Å². The Hall–Kier alpha value is -4.84. The first kappa shape index (κ1) is 26.8. The average Bonchev–Trinajstić information content (AvgIpc) is 3.26. The highest BCUT2D eigenvalue weighted by Crippen LogP contribution is 2.42. The number of nitrogens with zero attached hydrogens (tertiary/aromatic N) is 1. The van der Waals surface area contributed by atoms with Crippen molar-refractivity contribution in [2.45, 2.75) is 32.9 Å². The number of amides is 1. The molecule has 1 amide bonds. The third kappa shape index (κ3) is 5.47. The highest BCUT2D eigenvalue weighted by molar-refractivity contribution is 6.51. The number of carbonyl (C=O) groups excluding carboxylic acids is 2. The molecule has 1 aliphatic rings. The van der Waals surface area contributed by atoms with Gasteiger partial charge in [0, 0.05) is 11.3 Å². The maximum atomic E-state index is 13.4. The Morgan fingerprint density at radius 1 is 0.850 bits per heavy atom. The first-order valence-corrected chi connectivity index (χ1v) is 13.3. The van der Waals surface area contributed by atoms with Crippen molar-refractivity contribution in [3.8, 4) is 11.5 Å². The minimum absolute atomic E-state index is 0.0356. The minimum Gasteiger partial charge on any atom is -0.507 e. The van der Waals surface area contributed by atoms with Crippen LogP contribution >= 0.6 is 0 Å². The molecule has 1 atom stereocenters. The van der Waals surface area contributed by atoms with Crippen LogP contribution < -0.4 is 14.4 Å². The third-order valence-electron chi connectivity index (χ3n) is 6.83. The fourth-order valence-electron chi connectivity index (χ4n) is 4.82. The lowest BCUT2D eigenvalue weighted by molar-refractivity contribution is -0.132. The van der Waals surface area contributed by atoms with E-state index in [2.05, 4.69) is 0 Å². The van der Waals surface area contributed by atoms with Gasteiger partial charge >= 0.3 is 0 Å². The van der Waals surface area contributed by atoms with E-state index in [1.54, 1.807) is 30.3 Å². The smallest absolute Gasteiger partial charge is 0.300 e. The summed E-state index contributed by atoms with van der Waals surface area (Å²) in [5.74, 6) is -0.286. The first-order chi connectivity index (χ1) is 19.5. The van der Waals surface area contributed by atoms with Crippen LogP contribution in [-0.2, 0) is 16.2 Å². The van der Waals surface area contributed by atoms with E-state index in [0.717, 1.165) is 17.5 Å². The van der Waals surface area contributed by atoms with Crippen molar-refractivity contribution in [2.24, 2.45) is 0 Å². The van der Waals surface area contributed by atoms with E-state index in [0.29, 0.717) is 41.5 Å². The summed E-state index contributed by atoms with van der Waals surface area (Å²) in [6.07, 6.45) is 0.875. The number of para-hydroxylation sites is 1. The van der Waals surface area contributed by atoms with Crippen LogP contribution in [0.4, 0.5) is 5.69 Å². The summed E-state index contributed by atoms with van der Waals surface area (Å²) in [5.41, 5.74) is 3.60. The molecule has 1 aliphatic heterocycles. The van der Waals surface area contributed by atoms with Crippen LogP contribution in [-0.4, -0.2) is 23.4 Å². The number of aliphatic hydroxyl groups excluding tert-OH is 1. The van der Waals surface area contributed by atoms with Gasteiger partial charge < -0.3 is 14.6 Å². The zero-order valence-electron chi connectivity index (χ0n) is 22.5. The van der Waals surface area contributed by atoms with Gasteiger partial charge in [-0.25, -0.2) is 0 Å². The highest BCUT2D eigenvalue weighted by Gasteiger charge is 2.47. The monoisotopic (exact) mass is 533 g/mol. The number of ketones is 1. The summed E-state index contributed by atoms with van der Waals surface area (Å²) in [4.78, 5) is 28.3. The number of anilines is 1. The van der Waals surface area contributed by atoms with Crippen LogP contribution in [0.25, 0.3) is 5.76 Å². The van der Waals surface area contributed by atoms with Gasteiger partial charge in [-0.15, -0.1) is 0 Å². The number of hydrogen-bond acceptors (Lipinski definition) is 5. The second kappa shape index (κ2) is 11.9. The molecule has 0 spiro atoms. The molecule has 0 bridgehead atoms. The third-order valence-corrected chi connectivity index (χ3v) is 6.83. The summed E-state index contributed by atoms with van der Waals surface area (Å²) in [6.45, 7) is 4.92. The number of rotatable bonds is 9. The standard InChI is InChI=1S/C34H31NO5/c1-3-20-39-29-19-16-26(21-23(29)2)32(36)30-31(35(34(38)33(30)37)27-12-8-5-9-13-27)25-14-17-28(18-15-25)40-22-24-10-6-4-7-11-24/h4-19,21,31,36H,3,20,22H2,1-2H3/b32-30-. The number of Topliss-reactive ketones (excluding diaryl/α,β-unsaturated/α-hetero) is 1. The lowest BCUT2D eigenvalue weighted by Gasteiger charge is -2.25.